The number of aryl methyl sites for hydroxylation is 1. The van der Waals surface area contributed by atoms with E-state index in [1.54, 1.807) is 54.7 Å². The molecule has 3 aromatic rings. The van der Waals surface area contributed by atoms with Gasteiger partial charge < -0.3 is 40.6 Å². The minimum absolute atomic E-state index is 0.00547. The van der Waals surface area contributed by atoms with Crippen LogP contribution in [-0.2, 0) is 74.0 Å². The van der Waals surface area contributed by atoms with Gasteiger partial charge in [-0.2, -0.15) is 0 Å². The first kappa shape index (κ1) is 49.5. The Morgan fingerprint density at radius 1 is 0.758 bits per heavy atom. The van der Waals surface area contributed by atoms with E-state index >= 15 is 0 Å². The number of hydrogen-bond acceptors (Lipinski definition) is 12. The largest absolute Gasteiger partial charge is 0.480 e. The van der Waals surface area contributed by atoms with Gasteiger partial charge in [-0.15, -0.1) is 5.10 Å². The molecule has 1 heterocycles. The smallest absolute Gasteiger partial charge is 0.338 e. The van der Waals surface area contributed by atoms with Crippen molar-refractivity contribution in [3.8, 4) is 0 Å². The molecule has 0 unspecified atom stereocenters. The molecule has 1 aromatic heterocycles. The zero-order valence-electron chi connectivity index (χ0n) is 34.7. The molecule has 0 radical (unpaired) electrons. The topological polar surface area (TPSA) is 312 Å². The van der Waals surface area contributed by atoms with Crippen molar-refractivity contribution >= 4 is 47.5 Å². The van der Waals surface area contributed by atoms with Crippen molar-refractivity contribution in [3.05, 3.63) is 83.7 Å². The maximum absolute atomic E-state index is 13.4. The molecule has 3 rings (SSSR count). The van der Waals surface area contributed by atoms with Crippen molar-refractivity contribution in [1.82, 2.24) is 36.3 Å². The molecule has 3 atom stereocenters. The van der Waals surface area contributed by atoms with Crippen LogP contribution in [0.4, 0.5) is 0 Å². The fourth-order valence-corrected chi connectivity index (χ4v) is 5.70. The number of aliphatic carboxylic acids is 1. The van der Waals surface area contributed by atoms with Crippen LogP contribution in [0.5, 0.6) is 0 Å². The minimum Gasteiger partial charge on any atom is -0.480 e. The second kappa shape index (κ2) is 27.8. The molecule has 10 N–H and O–H groups in total. The van der Waals surface area contributed by atoms with Crippen LogP contribution in [0.3, 0.4) is 0 Å². The first-order valence-electron chi connectivity index (χ1n) is 20.1. The summed E-state index contributed by atoms with van der Waals surface area (Å²) >= 11 is 0. The maximum Gasteiger partial charge on any atom is 0.338 e. The van der Waals surface area contributed by atoms with Crippen LogP contribution in [0.15, 0.2) is 66.9 Å². The van der Waals surface area contributed by atoms with E-state index in [2.05, 4.69) is 36.6 Å². The molecule has 0 aliphatic rings. The van der Waals surface area contributed by atoms with Gasteiger partial charge in [0.2, 0.25) is 23.6 Å². The molecule has 0 spiro atoms. The molecule has 0 saturated carbocycles. The summed E-state index contributed by atoms with van der Waals surface area (Å²) in [6, 6.07) is 14.6. The summed E-state index contributed by atoms with van der Waals surface area (Å²) in [7, 11) is 0. The predicted molar refractivity (Wildman–Crippen MR) is 221 cm³/mol. The number of carboxylic acids is 1. The van der Waals surface area contributed by atoms with E-state index in [1.807, 2.05) is 12.1 Å². The van der Waals surface area contributed by atoms with E-state index < -0.39 is 59.7 Å². The molecule has 336 valence electrons. The van der Waals surface area contributed by atoms with Crippen LogP contribution in [0.2, 0.25) is 0 Å². The van der Waals surface area contributed by atoms with Crippen molar-refractivity contribution in [2.75, 3.05) is 26.3 Å². The van der Waals surface area contributed by atoms with Crippen molar-refractivity contribution in [2.45, 2.75) is 96.2 Å². The normalized spacial score (nSPS) is 12.1. The van der Waals surface area contributed by atoms with Gasteiger partial charge in [-0.25, -0.2) is 9.48 Å². The number of ether oxygens (including phenoxy) is 3. The monoisotopic (exact) mass is 865 g/mol. The van der Waals surface area contributed by atoms with Crippen LogP contribution in [0.1, 0.15) is 68.7 Å². The van der Waals surface area contributed by atoms with Crippen LogP contribution in [0.25, 0.3) is 0 Å². The van der Waals surface area contributed by atoms with Crippen LogP contribution in [0, 0.1) is 0 Å². The van der Waals surface area contributed by atoms with Crippen molar-refractivity contribution in [1.29, 1.82) is 0 Å². The molecular weight excluding hydrogens is 809 g/mol. The number of carbonyl (C=O) groups is 7. The van der Waals surface area contributed by atoms with Gasteiger partial charge in [-0.3, -0.25) is 45.2 Å². The highest BCUT2D eigenvalue weighted by Crippen LogP contribution is 2.09. The summed E-state index contributed by atoms with van der Waals surface area (Å²) in [5, 5.41) is 27.8. The lowest BCUT2D eigenvalue weighted by Gasteiger charge is -2.23. The predicted octanol–water partition coefficient (Wildman–Crippen LogP) is -1.92. The van der Waals surface area contributed by atoms with Crippen molar-refractivity contribution in [2.24, 2.45) is 11.5 Å². The Morgan fingerprint density at radius 2 is 1.35 bits per heavy atom. The highest BCUT2D eigenvalue weighted by Gasteiger charge is 2.28. The van der Waals surface area contributed by atoms with E-state index in [9.17, 15) is 38.7 Å². The van der Waals surface area contributed by atoms with Gasteiger partial charge in [0.15, 0.2) is 0 Å². The van der Waals surface area contributed by atoms with Gasteiger partial charge in [0, 0.05) is 45.3 Å². The Bertz CT molecular complexity index is 1920. The number of hydrogen-bond donors (Lipinski definition) is 8. The van der Waals surface area contributed by atoms with E-state index in [1.165, 1.54) is 11.6 Å². The zero-order valence-corrected chi connectivity index (χ0v) is 34.7. The Morgan fingerprint density at radius 3 is 1.92 bits per heavy atom. The van der Waals surface area contributed by atoms with Crippen molar-refractivity contribution < 1.29 is 57.9 Å². The fraction of sp³-hybridized carbons (Fsp3) is 0.463. The zero-order chi connectivity index (χ0) is 45.1. The van der Waals surface area contributed by atoms with Gasteiger partial charge in [-0.1, -0.05) is 65.9 Å². The lowest BCUT2D eigenvalue weighted by molar-refractivity contribution is -0.459. The molecule has 2 aromatic carbocycles. The van der Waals surface area contributed by atoms with Crippen molar-refractivity contribution in [3.63, 3.8) is 0 Å². The third-order valence-electron chi connectivity index (χ3n) is 8.92. The number of amides is 4. The lowest BCUT2D eigenvalue weighted by Crippen LogP contribution is -2.78. The van der Waals surface area contributed by atoms with Gasteiger partial charge >= 0.3 is 23.9 Å². The first-order valence-corrected chi connectivity index (χ1v) is 20.1. The summed E-state index contributed by atoms with van der Waals surface area (Å²) < 4.78 is 17.8. The van der Waals surface area contributed by atoms with Crippen LogP contribution in [-0.4, -0.2) is 112 Å². The molecule has 62 heavy (non-hydrogen) atoms. The average Bonchev–Trinajstić information content (AvgIpc) is 3.71. The molecule has 21 nitrogen and oxygen atoms in total. The summed E-state index contributed by atoms with van der Waals surface area (Å²) in [4.78, 5) is 90.5. The molecule has 0 aliphatic heterocycles. The lowest BCUT2D eigenvalue weighted by atomic mass is 10.1. The summed E-state index contributed by atoms with van der Waals surface area (Å²) in [5.74, 6) is -4.65. The van der Waals surface area contributed by atoms with Gasteiger partial charge in [0.1, 0.15) is 31.3 Å². The Hall–Kier alpha value is -6.90. The number of guanidine groups is 1. The summed E-state index contributed by atoms with van der Waals surface area (Å²) in [6.45, 7) is 2.23. The number of nitrogens with zero attached hydrogens (tertiary/aromatic N) is 3. The third kappa shape index (κ3) is 20.9. The number of rotatable bonds is 29. The average molecular weight is 866 g/mol. The second-order valence-corrected chi connectivity index (χ2v) is 14.0. The Labute approximate surface area is 358 Å². The quantitative estimate of drug-likeness (QED) is 0.0163. The van der Waals surface area contributed by atoms with Gasteiger partial charge in [-0.05, 0) is 36.8 Å². The summed E-state index contributed by atoms with van der Waals surface area (Å²) in [6.07, 6.45) is 1.80. The Kier molecular flexibility index (Phi) is 22.2. The molecule has 0 bridgehead atoms. The number of carbonyl (C=O) groups excluding carboxylic acids is 6. The molecule has 21 heteroatoms. The number of nitrogens with one attached hydrogen (secondary N) is 5. The summed E-state index contributed by atoms with van der Waals surface area (Å²) in [5.41, 5.74) is 12.7. The van der Waals surface area contributed by atoms with E-state index in [4.69, 9.17) is 25.7 Å². The number of benzene rings is 2. The molecule has 0 aliphatic carbocycles. The molecule has 4 amide bonds. The Balaban J connectivity index is 1.47. The first-order chi connectivity index (χ1) is 29.8. The number of esters is 2. The number of aromatic nitrogens is 3. The maximum atomic E-state index is 13.4. The molecule has 0 fully saturated rings. The van der Waals surface area contributed by atoms with E-state index in [0.29, 0.717) is 25.2 Å². The van der Waals surface area contributed by atoms with E-state index in [0.717, 1.165) is 11.1 Å². The minimum atomic E-state index is -1.21. The SMILES string of the molecule is CC(=O)N[C@H](CCC(=O)OCc1ccccc1)C(=O)N[C@@H](CCC(=O)OCc1ccccc1)C(=O)NCCOCCn1cc(CCC(=O)N[C@@H](CCC[NH+]=C(N)N)C(=O)O)nn1. The van der Waals surface area contributed by atoms with Crippen LogP contribution < -0.4 is 37.7 Å². The second-order valence-electron chi connectivity index (χ2n) is 14.0. The third-order valence-corrected chi connectivity index (χ3v) is 8.92. The standard InChI is InChI=1S/C41H56N10O11/c1-28(52)46-33(16-19-37(55)62-27-30-11-6-3-7-12-30)39(57)48-32(15-18-36(54)61-26-29-9-4-2-5-10-29)38(56)44-21-23-60-24-22-51-25-31(49-50-51)14-17-35(53)47-34(40(58)59)13-8-20-45-41(42)43/h2-7,9-12,25,32-34H,8,13-24,26-27H2,1H3,(H,44,56)(H,46,52)(H,47,53)(H,48,57)(H,58,59)(H4,42,43,45)/p+1/t32-,33+,34-/m0/s1. The molecule has 0 saturated heterocycles. The number of nitrogens with two attached hydrogens (primary N) is 2. The van der Waals surface area contributed by atoms with Gasteiger partial charge in [0.05, 0.1) is 32.0 Å². The van der Waals surface area contributed by atoms with Crippen LogP contribution >= 0.6 is 0 Å². The highest BCUT2D eigenvalue weighted by molar-refractivity contribution is 5.92. The number of carboxylic acid groups (broad SMARTS) is 1. The van der Waals surface area contributed by atoms with E-state index in [-0.39, 0.29) is 83.9 Å². The fourth-order valence-electron chi connectivity index (χ4n) is 5.70. The highest BCUT2D eigenvalue weighted by atomic mass is 16.5. The van der Waals surface area contributed by atoms with Gasteiger partial charge in [0.25, 0.3) is 0 Å². The molecular formula is C41H57N10O11+.